The fourth-order valence-electron chi connectivity index (χ4n) is 4.06. The van der Waals surface area contributed by atoms with E-state index in [1.807, 2.05) is 72.8 Å². The molecule has 0 heterocycles. The van der Waals surface area contributed by atoms with E-state index in [4.69, 9.17) is 11.1 Å². The van der Waals surface area contributed by atoms with Crippen LogP contribution in [0.4, 0.5) is 10.5 Å². The van der Waals surface area contributed by atoms with E-state index < -0.39 is 23.8 Å². The van der Waals surface area contributed by atoms with Crippen molar-refractivity contribution < 1.29 is 14.4 Å². The van der Waals surface area contributed by atoms with Crippen LogP contribution in [-0.4, -0.2) is 43.4 Å². The summed E-state index contributed by atoms with van der Waals surface area (Å²) in [6.07, 6.45) is 0.964. The van der Waals surface area contributed by atoms with Gasteiger partial charge in [-0.15, -0.1) is 0 Å². The van der Waals surface area contributed by atoms with Gasteiger partial charge in [-0.2, -0.15) is 0 Å². The molecular weight excluding hydrogens is 494 g/mol. The van der Waals surface area contributed by atoms with Crippen LogP contribution < -0.4 is 32.3 Å². The lowest BCUT2D eigenvalue weighted by Gasteiger charge is -2.21. The van der Waals surface area contributed by atoms with Gasteiger partial charge in [0.1, 0.15) is 0 Å². The predicted octanol–water partition coefficient (Wildman–Crippen LogP) is 2.63. The monoisotopic (exact) mass is 529 g/mol. The van der Waals surface area contributed by atoms with Crippen molar-refractivity contribution in [2.75, 3.05) is 18.9 Å². The van der Waals surface area contributed by atoms with Crippen LogP contribution in [0.2, 0.25) is 0 Å². The minimum Gasteiger partial charge on any atom is -0.370 e. The summed E-state index contributed by atoms with van der Waals surface area (Å²) in [5.74, 6) is -1.62. The van der Waals surface area contributed by atoms with Crippen LogP contribution >= 0.6 is 0 Å². The second-order valence-electron chi connectivity index (χ2n) is 8.93. The molecule has 0 saturated carbocycles. The smallest absolute Gasteiger partial charge is 0.318 e. The first kappa shape index (κ1) is 28.9. The number of rotatable bonds is 12. The lowest BCUT2D eigenvalue weighted by molar-refractivity contribution is -0.132. The quantitative estimate of drug-likeness (QED) is 0.108. The van der Waals surface area contributed by atoms with Crippen molar-refractivity contribution in [1.29, 1.82) is 5.41 Å². The van der Waals surface area contributed by atoms with Crippen LogP contribution in [0.1, 0.15) is 35.4 Å². The van der Waals surface area contributed by atoms with Gasteiger partial charge >= 0.3 is 6.03 Å². The number of guanidine groups is 1. The standard InChI is InChI=1S/C29H35N7O3/c1-32-29(39)35-23-16-14-20(15-17-23)19-34-24(13-8-18-33-28(30)31)26(37)36-27(38)25(21-9-4-2-5-10-21)22-11-6-3-7-12-22/h2-7,9-12,14-17,24-25,34H,8,13,18-19H2,1H3,(H4,30,31,33)(H2,32,35,39)(H,36,37,38)/t24-/m0/s1. The van der Waals surface area contributed by atoms with Crippen LogP contribution in [0.25, 0.3) is 0 Å². The van der Waals surface area contributed by atoms with Crippen molar-refractivity contribution in [2.24, 2.45) is 5.73 Å². The Morgan fingerprint density at radius 3 is 1.97 bits per heavy atom. The summed E-state index contributed by atoms with van der Waals surface area (Å²) in [4.78, 5) is 38.3. The molecule has 3 aromatic carbocycles. The number of nitrogens with one attached hydrogen (secondary N) is 6. The van der Waals surface area contributed by atoms with Crippen molar-refractivity contribution in [3.63, 3.8) is 0 Å². The summed E-state index contributed by atoms with van der Waals surface area (Å²) in [5.41, 5.74) is 8.48. The Morgan fingerprint density at radius 2 is 1.44 bits per heavy atom. The summed E-state index contributed by atoms with van der Waals surface area (Å²) in [6.45, 7) is 0.790. The summed E-state index contributed by atoms with van der Waals surface area (Å²) in [7, 11) is 1.54. The molecule has 3 rings (SSSR count). The first-order chi connectivity index (χ1) is 18.9. The Labute approximate surface area is 228 Å². The molecule has 8 N–H and O–H groups in total. The van der Waals surface area contributed by atoms with Gasteiger partial charge in [-0.1, -0.05) is 72.8 Å². The molecule has 1 atom stereocenters. The number of hydrogen-bond acceptors (Lipinski definition) is 5. The first-order valence-electron chi connectivity index (χ1n) is 12.7. The molecule has 39 heavy (non-hydrogen) atoms. The van der Waals surface area contributed by atoms with Crippen LogP contribution in [-0.2, 0) is 16.1 Å². The molecule has 4 amide bonds. The van der Waals surface area contributed by atoms with E-state index in [2.05, 4.69) is 26.6 Å². The summed E-state index contributed by atoms with van der Waals surface area (Å²) in [6, 6.07) is 24.9. The van der Waals surface area contributed by atoms with E-state index in [0.717, 1.165) is 16.7 Å². The van der Waals surface area contributed by atoms with E-state index in [9.17, 15) is 14.4 Å². The third-order valence-corrected chi connectivity index (χ3v) is 6.07. The minimum atomic E-state index is -0.668. The number of amides is 4. The molecule has 10 heteroatoms. The second-order valence-corrected chi connectivity index (χ2v) is 8.93. The van der Waals surface area contributed by atoms with Gasteiger partial charge in [0.2, 0.25) is 11.8 Å². The Hall–Kier alpha value is -4.70. The van der Waals surface area contributed by atoms with Crippen molar-refractivity contribution in [3.8, 4) is 0 Å². The zero-order valence-electron chi connectivity index (χ0n) is 21.9. The second kappa shape index (κ2) is 14.9. The maximum Gasteiger partial charge on any atom is 0.318 e. The summed E-state index contributed by atoms with van der Waals surface area (Å²) in [5, 5.41) is 21.1. The normalized spacial score (nSPS) is 11.3. The zero-order chi connectivity index (χ0) is 28.0. The molecule has 0 radical (unpaired) electrons. The van der Waals surface area contributed by atoms with Crippen molar-refractivity contribution in [3.05, 3.63) is 102 Å². The SMILES string of the molecule is CNC(=O)Nc1ccc(CN[C@@H](CCCNC(=N)N)C(=O)NC(=O)C(c2ccccc2)c2ccccc2)cc1. The number of anilines is 1. The number of benzene rings is 3. The zero-order valence-corrected chi connectivity index (χ0v) is 21.9. The highest BCUT2D eigenvalue weighted by Gasteiger charge is 2.27. The Kier molecular flexibility index (Phi) is 11.0. The van der Waals surface area contributed by atoms with Gasteiger partial charge < -0.3 is 27.0 Å². The molecule has 0 fully saturated rings. The molecule has 3 aromatic rings. The van der Waals surface area contributed by atoms with E-state index in [-0.39, 0.29) is 12.0 Å². The van der Waals surface area contributed by atoms with Gasteiger partial charge in [-0.05, 0) is 41.7 Å². The van der Waals surface area contributed by atoms with Crippen LogP contribution in [0.15, 0.2) is 84.9 Å². The van der Waals surface area contributed by atoms with Crippen molar-refractivity contribution in [2.45, 2.75) is 31.3 Å². The summed E-state index contributed by atoms with van der Waals surface area (Å²) < 4.78 is 0. The van der Waals surface area contributed by atoms with Crippen LogP contribution in [0, 0.1) is 5.41 Å². The number of imide groups is 1. The third-order valence-electron chi connectivity index (χ3n) is 6.07. The molecule has 0 spiro atoms. The third kappa shape index (κ3) is 9.28. The van der Waals surface area contributed by atoms with Gasteiger partial charge in [0, 0.05) is 25.8 Å². The number of nitrogens with two attached hydrogens (primary N) is 1. The van der Waals surface area contributed by atoms with E-state index in [1.165, 1.54) is 7.05 Å². The molecule has 0 bridgehead atoms. The molecule has 0 aromatic heterocycles. The highest BCUT2D eigenvalue weighted by atomic mass is 16.2. The van der Waals surface area contributed by atoms with Gasteiger partial charge in [-0.3, -0.25) is 20.3 Å². The highest BCUT2D eigenvalue weighted by molar-refractivity contribution is 6.01. The molecule has 204 valence electrons. The molecular formula is C29H35N7O3. The van der Waals surface area contributed by atoms with E-state index in [0.29, 0.717) is 31.6 Å². The maximum absolute atomic E-state index is 13.4. The topological polar surface area (TPSA) is 161 Å². The molecule has 10 nitrogen and oxygen atoms in total. The average Bonchev–Trinajstić information content (AvgIpc) is 2.94. The first-order valence-corrected chi connectivity index (χ1v) is 12.7. The minimum absolute atomic E-state index is 0.141. The molecule has 0 saturated heterocycles. The molecule has 0 aliphatic carbocycles. The number of carbonyl (C=O) groups excluding carboxylic acids is 3. The number of urea groups is 1. The molecule has 0 aliphatic heterocycles. The average molecular weight is 530 g/mol. The van der Waals surface area contributed by atoms with E-state index in [1.54, 1.807) is 12.1 Å². The van der Waals surface area contributed by atoms with Crippen molar-refractivity contribution in [1.82, 2.24) is 21.3 Å². The number of carbonyl (C=O) groups is 3. The van der Waals surface area contributed by atoms with Gasteiger partial charge in [0.15, 0.2) is 5.96 Å². The Balaban J connectivity index is 1.71. The van der Waals surface area contributed by atoms with Crippen molar-refractivity contribution >= 4 is 29.5 Å². The summed E-state index contributed by atoms with van der Waals surface area (Å²) >= 11 is 0. The van der Waals surface area contributed by atoms with Crippen LogP contribution in [0.3, 0.4) is 0 Å². The van der Waals surface area contributed by atoms with Gasteiger partial charge in [-0.25, -0.2) is 4.79 Å². The fourth-order valence-corrected chi connectivity index (χ4v) is 4.06. The number of hydrogen-bond donors (Lipinski definition) is 7. The fraction of sp³-hybridized carbons (Fsp3) is 0.241. The van der Waals surface area contributed by atoms with E-state index >= 15 is 0 Å². The van der Waals surface area contributed by atoms with Gasteiger partial charge in [0.05, 0.1) is 12.0 Å². The van der Waals surface area contributed by atoms with Crippen LogP contribution in [0.5, 0.6) is 0 Å². The highest BCUT2D eigenvalue weighted by Crippen LogP contribution is 2.24. The maximum atomic E-state index is 13.4. The largest absolute Gasteiger partial charge is 0.370 e. The Morgan fingerprint density at radius 1 is 0.846 bits per heavy atom. The molecule has 0 unspecified atom stereocenters. The lowest BCUT2D eigenvalue weighted by atomic mass is 9.90. The predicted molar refractivity (Wildman–Crippen MR) is 152 cm³/mol. The van der Waals surface area contributed by atoms with Gasteiger partial charge in [0.25, 0.3) is 0 Å². The lowest BCUT2D eigenvalue weighted by Crippen LogP contribution is -2.47. The molecule has 0 aliphatic rings. The Bertz CT molecular complexity index is 1200.